The minimum absolute atomic E-state index is 0.0955. The van der Waals surface area contributed by atoms with Gasteiger partial charge in [-0.25, -0.2) is 4.21 Å². The van der Waals surface area contributed by atoms with Crippen LogP contribution in [0.15, 0.2) is 60.9 Å². The maximum absolute atomic E-state index is 12.8. The van der Waals surface area contributed by atoms with Crippen LogP contribution in [0.3, 0.4) is 0 Å². The van der Waals surface area contributed by atoms with Crippen LogP contribution in [0.4, 0.5) is 0 Å². The van der Waals surface area contributed by atoms with Crippen LogP contribution in [0.1, 0.15) is 48.3 Å². The first-order valence-electron chi connectivity index (χ1n) is 10.1. The third-order valence-electron chi connectivity index (χ3n) is 5.28. The Kier molecular flexibility index (Phi) is 7.32. The second kappa shape index (κ2) is 9.76. The summed E-state index contributed by atoms with van der Waals surface area (Å²) in [5.41, 5.74) is 2.56. The summed E-state index contributed by atoms with van der Waals surface area (Å²) >= 11 is 0. The molecule has 4 unspecified atom stereocenters. The highest BCUT2D eigenvalue weighted by molar-refractivity contribution is 7.82. The number of carbonyl (C=O) groups is 1. The van der Waals surface area contributed by atoms with Crippen molar-refractivity contribution in [2.45, 2.75) is 39.4 Å². The van der Waals surface area contributed by atoms with Gasteiger partial charge in [0.05, 0.1) is 18.3 Å². The zero-order valence-electron chi connectivity index (χ0n) is 17.7. The van der Waals surface area contributed by atoms with Gasteiger partial charge in [0.1, 0.15) is 16.8 Å². The molecule has 7 heteroatoms. The van der Waals surface area contributed by atoms with Crippen molar-refractivity contribution in [3.63, 3.8) is 0 Å². The lowest BCUT2D eigenvalue weighted by molar-refractivity contribution is 0.0940. The average Bonchev–Trinajstić information content (AvgIpc) is 2.70. The molecule has 4 atom stereocenters. The lowest BCUT2D eigenvalue weighted by atomic mass is 10.1. The van der Waals surface area contributed by atoms with E-state index < -0.39 is 11.0 Å². The molecule has 2 aromatic carbocycles. The molecule has 1 aliphatic rings. The van der Waals surface area contributed by atoms with Gasteiger partial charge in [-0.1, -0.05) is 50.8 Å². The zero-order valence-corrected chi connectivity index (χ0v) is 19.7. The van der Waals surface area contributed by atoms with Crippen molar-refractivity contribution in [1.29, 1.82) is 0 Å². The van der Waals surface area contributed by atoms with Crippen molar-refractivity contribution in [3.05, 3.63) is 77.6 Å². The number of amides is 1. The molecule has 1 heterocycles. The number of carbonyl (C=O) groups excluding carboxylic acids is 1. The Morgan fingerprint density at radius 2 is 1.97 bits per heavy atom. The molecule has 160 valence electrons. The van der Waals surface area contributed by atoms with Crippen LogP contribution >= 0.6 is 9.24 Å². The fraction of sp³-hybridized carbons (Fsp3) is 0.348. The summed E-state index contributed by atoms with van der Waals surface area (Å²) in [6.07, 6.45) is 0. The van der Waals surface area contributed by atoms with Gasteiger partial charge < -0.3 is 10.6 Å². The van der Waals surface area contributed by atoms with Gasteiger partial charge in [-0.05, 0) is 47.5 Å². The first kappa shape index (κ1) is 22.5. The van der Waals surface area contributed by atoms with E-state index in [4.69, 9.17) is 0 Å². The summed E-state index contributed by atoms with van der Waals surface area (Å²) < 4.78 is 14.6. The van der Waals surface area contributed by atoms with Gasteiger partial charge >= 0.3 is 0 Å². The first-order chi connectivity index (χ1) is 14.2. The van der Waals surface area contributed by atoms with E-state index in [0.29, 0.717) is 29.6 Å². The summed E-state index contributed by atoms with van der Waals surface area (Å²) in [4.78, 5) is 12.8. The van der Waals surface area contributed by atoms with Crippen LogP contribution in [-0.2, 0) is 17.5 Å². The number of rotatable bonds is 6. The Labute approximate surface area is 184 Å². The van der Waals surface area contributed by atoms with Gasteiger partial charge in [-0.2, -0.15) is 0 Å². The zero-order chi connectivity index (χ0) is 21.8. The molecule has 1 fully saturated rings. The molecule has 0 radical (unpaired) electrons. The smallest absolute Gasteiger partial charge is 0.251 e. The average molecular weight is 444 g/mol. The van der Waals surface area contributed by atoms with E-state index >= 15 is 0 Å². The summed E-state index contributed by atoms with van der Waals surface area (Å²) in [5, 5.41) is 7.33. The lowest BCUT2D eigenvalue weighted by Gasteiger charge is -2.37. The van der Waals surface area contributed by atoms with Crippen molar-refractivity contribution >= 4 is 31.4 Å². The lowest BCUT2D eigenvalue weighted by Crippen LogP contribution is -2.50. The van der Waals surface area contributed by atoms with Crippen LogP contribution < -0.4 is 15.9 Å². The molecule has 0 aliphatic carbocycles. The van der Waals surface area contributed by atoms with E-state index in [0.717, 1.165) is 16.4 Å². The SMILES string of the molecule is C=C1NC(C(C)C)CS(=O)N1Cc1cc(P)cc(C(=O)NC(C)c2ccccc2)c1. The van der Waals surface area contributed by atoms with Crippen molar-refractivity contribution in [2.24, 2.45) is 5.92 Å². The molecule has 1 amide bonds. The van der Waals surface area contributed by atoms with Crippen LogP contribution in [0.25, 0.3) is 0 Å². The van der Waals surface area contributed by atoms with Crippen LogP contribution in [0.2, 0.25) is 0 Å². The number of hydrogen-bond acceptors (Lipinski definition) is 3. The Bertz CT molecular complexity index is 931. The highest BCUT2D eigenvalue weighted by Gasteiger charge is 2.29. The number of nitrogens with one attached hydrogen (secondary N) is 2. The second-order valence-electron chi connectivity index (χ2n) is 8.04. The summed E-state index contributed by atoms with van der Waals surface area (Å²) in [7, 11) is 1.50. The molecule has 5 nitrogen and oxygen atoms in total. The molecule has 30 heavy (non-hydrogen) atoms. The highest BCUT2D eigenvalue weighted by atomic mass is 32.2. The summed E-state index contributed by atoms with van der Waals surface area (Å²) in [6, 6.07) is 15.6. The van der Waals surface area contributed by atoms with Crippen LogP contribution in [0.5, 0.6) is 0 Å². The van der Waals surface area contributed by atoms with Gasteiger partial charge in [0.15, 0.2) is 0 Å². The van der Waals surface area contributed by atoms with Gasteiger partial charge in [0.2, 0.25) is 0 Å². The maximum atomic E-state index is 12.8. The van der Waals surface area contributed by atoms with Crippen LogP contribution in [0, 0.1) is 5.92 Å². The minimum Gasteiger partial charge on any atom is -0.368 e. The fourth-order valence-electron chi connectivity index (χ4n) is 3.43. The van der Waals surface area contributed by atoms with Crippen molar-refractivity contribution in [1.82, 2.24) is 14.9 Å². The predicted molar refractivity (Wildman–Crippen MR) is 128 cm³/mol. The maximum Gasteiger partial charge on any atom is 0.251 e. The first-order valence-corrected chi connectivity index (χ1v) is 12.0. The highest BCUT2D eigenvalue weighted by Crippen LogP contribution is 2.21. The molecule has 2 N–H and O–H groups in total. The van der Waals surface area contributed by atoms with Gasteiger partial charge in [-0.15, -0.1) is 9.24 Å². The molecular weight excluding hydrogens is 413 g/mol. The summed E-state index contributed by atoms with van der Waals surface area (Å²) in [5.74, 6) is 1.47. The molecule has 1 aliphatic heterocycles. The Morgan fingerprint density at radius 3 is 2.60 bits per heavy atom. The second-order valence-corrected chi connectivity index (χ2v) is 10.1. The van der Waals surface area contributed by atoms with E-state index in [9.17, 15) is 9.00 Å². The largest absolute Gasteiger partial charge is 0.368 e. The monoisotopic (exact) mass is 443 g/mol. The van der Waals surface area contributed by atoms with Gasteiger partial charge in [-0.3, -0.25) is 9.10 Å². The predicted octanol–water partition coefficient (Wildman–Crippen LogP) is 3.24. The number of nitrogens with zero attached hydrogens (tertiary/aromatic N) is 1. The number of hydrogen-bond donors (Lipinski definition) is 2. The molecule has 0 saturated carbocycles. The molecule has 0 bridgehead atoms. The third-order valence-corrected chi connectivity index (χ3v) is 7.10. The van der Waals surface area contributed by atoms with E-state index in [1.807, 2.05) is 55.5 Å². The molecule has 0 aromatic heterocycles. The number of benzene rings is 2. The normalized spacial score (nSPS) is 20.0. The molecule has 1 saturated heterocycles. The third kappa shape index (κ3) is 5.50. The summed E-state index contributed by atoms with van der Waals surface area (Å²) in [6.45, 7) is 10.7. The topological polar surface area (TPSA) is 61.4 Å². The quantitative estimate of drug-likeness (QED) is 0.674. The van der Waals surface area contributed by atoms with E-state index in [1.54, 1.807) is 4.31 Å². The molecule has 3 rings (SSSR count). The van der Waals surface area contributed by atoms with Gasteiger partial charge in [0, 0.05) is 11.6 Å². The minimum atomic E-state index is -1.15. The van der Waals surface area contributed by atoms with E-state index in [1.165, 1.54) is 0 Å². The van der Waals surface area contributed by atoms with Gasteiger partial charge in [0.25, 0.3) is 5.91 Å². The molecular formula is C23H30N3O2PS. The Hall–Kier alpha value is -2.17. The van der Waals surface area contributed by atoms with E-state index in [-0.39, 0.29) is 18.0 Å². The molecule has 2 aromatic rings. The molecule has 0 spiro atoms. The van der Waals surface area contributed by atoms with Crippen molar-refractivity contribution in [2.75, 3.05) is 5.75 Å². The van der Waals surface area contributed by atoms with Crippen molar-refractivity contribution in [3.8, 4) is 0 Å². The fourth-order valence-corrected chi connectivity index (χ4v) is 5.37. The Balaban J connectivity index is 1.73. The van der Waals surface area contributed by atoms with E-state index in [2.05, 4.69) is 40.3 Å². The standard InChI is InChI=1S/C23H30N3O2PS/c1-15(2)22-14-30(28)26(17(4)25-22)13-18-10-20(12-21(29)11-18)23(27)24-16(3)19-8-6-5-7-9-19/h5-12,15-16,22,25H,4,13-14,29H2,1-3H3,(H,24,27). The Morgan fingerprint density at radius 1 is 1.27 bits per heavy atom. The van der Waals surface area contributed by atoms with Crippen molar-refractivity contribution < 1.29 is 9.00 Å². The van der Waals surface area contributed by atoms with Crippen LogP contribution in [-0.4, -0.2) is 26.2 Å².